The molecule has 0 radical (unpaired) electrons. The zero-order valence-electron chi connectivity index (χ0n) is 14.1. The summed E-state index contributed by atoms with van der Waals surface area (Å²) in [4.78, 5) is 4.37. The Morgan fingerprint density at radius 3 is 2.31 bits per heavy atom. The number of anilines is 1. The van der Waals surface area contributed by atoms with Crippen molar-refractivity contribution in [3.05, 3.63) is 59.4 Å². The molecule has 1 saturated heterocycles. The molecule has 1 heterocycles. The molecule has 0 aromatic heterocycles. The number of nitriles is 1. The number of sulfonamides is 1. The Labute approximate surface area is 152 Å². The van der Waals surface area contributed by atoms with Gasteiger partial charge in [0.2, 0.25) is 10.0 Å². The third-order valence-electron chi connectivity index (χ3n) is 4.47. The van der Waals surface area contributed by atoms with Gasteiger partial charge >= 0.3 is 0 Å². The van der Waals surface area contributed by atoms with E-state index in [9.17, 15) is 12.8 Å². The van der Waals surface area contributed by atoms with Crippen LogP contribution in [-0.2, 0) is 16.6 Å². The molecule has 8 heteroatoms. The molecule has 0 unspecified atom stereocenters. The molecule has 0 aliphatic carbocycles. The van der Waals surface area contributed by atoms with E-state index in [1.807, 2.05) is 6.07 Å². The molecule has 1 aliphatic heterocycles. The number of hydrogen-bond acceptors (Lipinski definition) is 5. The van der Waals surface area contributed by atoms with Crippen LogP contribution in [0.2, 0.25) is 0 Å². The highest BCUT2D eigenvalue weighted by Gasteiger charge is 2.19. The van der Waals surface area contributed by atoms with Gasteiger partial charge in [-0.05, 0) is 42.5 Å². The lowest BCUT2D eigenvalue weighted by Crippen LogP contribution is -2.46. The van der Waals surface area contributed by atoms with Crippen LogP contribution in [0.3, 0.4) is 0 Å². The Balaban J connectivity index is 1.62. The lowest BCUT2D eigenvalue weighted by Gasteiger charge is -2.36. The number of halogens is 1. The van der Waals surface area contributed by atoms with E-state index in [2.05, 4.69) is 9.80 Å². The lowest BCUT2D eigenvalue weighted by atomic mass is 10.1. The van der Waals surface area contributed by atoms with Crippen LogP contribution in [-0.4, -0.2) is 39.5 Å². The molecular formula is C18H19FN4O2S. The first-order chi connectivity index (χ1) is 12.4. The number of primary sulfonamides is 1. The SMILES string of the molecule is N#Cc1ccc(F)c(CN2CCN(c3ccc(S(N)(=O)=O)cc3)CC2)c1. The van der Waals surface area contributed by atoms with E-state index in [1.165, 1.54) is 24.3 Å². The molecule has 0 bridgehead atoms. The fraction of sp³-hybridized carbons (Fsp3) is 0.278. The zero-order chi connectivity index (χ0) is 18.7. The number of piperazine rings is 1. The molecule has 136 valence electrons. The van der Waals surface area contributed by atoms with Crippen LogP contribution in [0.5, 0.6) is 0 Å². The van der Waals surface area contributed by atoms with Gasteiger partial charge in [-0.1, -0.05) is 0 Å². The highest BCUT2D eigenvalue weighted by Crippen LogP contribution is 2.20. The Bertz CT molecular complexity index is 931. The molecule has 0 atom stereocenters. The summed E-state index contributed by atoms with van der Waals surface area (Å²) in [6.07, 6.45) is 0. The second-order valence-corrected chi connectivity index (χ2v) is 7.78. The van der Waals surface area contributed by atoms with Crippen molar-refractivity contribution in [1.82, 2.24) is 4.90 Å². The quantitative estimate of drug-likeness (QED) is 0.879. The maximum absolute atomic E-state index is 13.9. The lowest BCUT2D eigenvalue weighted by molar-refractivity contribution is 0.246. The van der Waals surface area contributed by atoms with Crippen LogP contribution in [0.25, 0.3) is 0 Å². The van der Waals surface area contributed by atoms with Crippen LogP contribution in [0, 0.1) is 17.1 Å². The average Bonchev–Trinajstić information content (AvgIpc) is 2.63. The summed E-state index contributed by atoms with van der Waals surface area (Å²) < 4.78 is 36.6. The maximum Gasteiger partial charge on any atom is 0.238 e. The third kappa shape index (κ3) is 4.19. The number of benzene rings is 2. The molecule has 2 N–H and O–H groups in total. The van der Waals surface area contributed by atoms with E-state index in [0.717, 1.165) is 31.9 Å². The highest BCUT2D eigenvalue weighted by atomic mass is 32.2. The van der Waals surface area contributed by atoms with E-state index >= 15 is 0 Å². The van der Waals surface area contributed by atoms with Crippen molar-refractivity contribution in [2.75, 3.05) is 31.1 Å². The molecule has 2 aromatic rings. The van der Waals surface area contributed by atoms with Crippen molar-refractivity contribution >= 4 is 15.7 Å². The number of nitrogens with zero attached hydrogens (tertiary/aromatic N) is 3. The van der Waals surface area contributed by atoms with E-state index in [-0.39, 0.29) is 10.7 Å². The average molecular weight is 374 g/mol. The minimum atomic E-state index is -3.69. The predicted molar refractivity (Wildman–Crippen MR) is 96.4 cm³/mol. The Morgan fingerprint density at radius 1 is 1.08 bits per heavy atom. The van der Waals surface area contributed by atoms with E-state index in [1.54, 1.807) is 18.2 Å². The fourth-order valence-electron chi connectivity index (χ4n) is 3.02. The van der Waals surface area contributed by atoms with Crippen molar-refractivity contribution in [3.63, 3.8) is 0 Å². The van der Waals surface area contributed by atoms with Gasteiger partial charge in [0.25, 0.3) is 0 Å². The summed E-state index contributed by atoms with van der Waals surface area (Å²) in [6, 6.07) is 12.9. The summed E-state index contributed by atoms with van der Waals surface area (Å²) in [5.41, 5.74) is 1.90. The molecule has 0 saturated carbocycles. The summed E-state index contributed by atoms with van der Waals surface area (Å²) in [5.74, 6) is -0.301. The van der Waals surface area contributed by atoms with Gasteiger partial charge in [0.05, 0.1) is 16.5 Å². The minimum Gasteiger partial charge on any atom is -0.369 e. The van der Waals surface area contributed by atoms with E-state index < -0.39 is 10.0 Å². The van der Waals surface area contributed by atoms with Gasteiger partial charge in [-0.15, -0.1) is 0 Å². The largest absolute Gasteiger partial charge is 0.369 e. The molecule has 0 amide bonds. The summed E-state index contributed by atoms with van der Waals surface area (Å²) in [6.45, 7) is 3.43. The fourth-order valence-corrected chi connectivity index (χ4v) is 3.53. The predicted octanol–water partition coefficient (Wildman–Crippen LogP) is 1.67. The smallest absolute Gasteiger partial charge is 0.238 e. The third-order valence-corrected chi connectivity index (χ3v) is 5.40. The highest BCUT2D eigenvalue weighted by molar-refractivity contribution is 7.89. The monoisotopic (exact) mass is 374 g/mol. The van der Waals surface area contributed by atoms with Gasteiger partial charge in [0, 0.05) is 44.0 Å². The van der Waals surface area contributed by atoms with Crippen molar-refractivity contribution in [1.29, 1.82) is 5.26 Å². The number of nitrogens with two attached hydrogens (primary N) is 1. The molecular weight excluding hydrogens is 355 g/mol. The van der Waals surface area contributed by atoms with Crippen LogP contribution < -0.4 is 10.0 Å². The molecule has 26 heavy (non-hydrogen) atoms. The normalized spacial score (nSPS) is 15.7. The Morgan fingerprint density at radius 2 is 1.73 bits per heavy atom. The second-order valence-electron chi connectivity index (χ2n) is 6.22. The molecule has 6 nitrogen and oxygen atoms in total. The van der Waals surface area contributed by atoms with Crippen LogP contribution in [0.1, 0.15) is 11.1 Å². The number of hydrogen-bond donors (Lipinski definition) is 1. The minimum absolute atomic E-state index is 0.0905. The van der Waals surface area contributed by atoms with Crippen LogP contribution >= 0.6 is 0 Å². The summed E-state index contributed by atoms with van der Waals surface area (Å²) in [5, 5.41) is 14.1. The maximum atomic E-state index is 13.9. The summed E-state index contributed by atoms with van der Waals surface area (Å²) in [7, 11) is -3.69. The standard InChI is InChI=1S/C18H19FN4O2S/c19-18-6-1-14(12-20)11-15(18)13-22-7-9-23(10-8-22)16-2-4-17(5-3-16)26(21,24)25/h1-6,11H,7-10,13H2,(H2,21,24,25). The molecule has 3 rings (SSSR count). The van der Waals surface area contributed by atoms with Crippen LogP contribution in [0.4, 0.5) is 10.1 Å². The Kier molecular flexibility index (Phi) is 5.23. The van der Waals surface area contributed by atoms with Gasteiger partial charge in [-0.3, -0.25) is 4.90 Å². The van der Waals surface area contributed by atoms with Crippen molar-refractivity contribution in [2.45, 2.75) is 11.4 Å². The van der Waals surface area contributed by atoms with Gasteiger partial charge in [0.1, 0.15) is 5.82 Å². The zero-order valence-corrected chi connectivity index (χ0v) is 14.9. The Hall–Kier alpha value is -2.47. The second kappa shape index (κ2) is 7.41. The first-order valence-corrected chi connectivity index (χ1v) is 9.70. The van der Waals surface area contributed by atoms with Crippen molar-refractivity contribution in [3.8, 4) is 6.07 Å². The first kappa shape index (κ1) is 18.3. The first-order valence-electron chi connectivity index (χ1n) is 8.15. The van der Waals surface area contributed by atoms with Crippen LogP contribution in [0.15, 0.2) is 47.4 Å². The van der Waals surface area contributed by atoms with Crippen molar-refractivity contribution < 1.29 is 12.8 Å². The number of rotatable bonds is 4. The van der Waals surface area contributed by atoms with E-state index in [4.69, 9.17) is 10.4 Å². The summed E-state index contributed by atoms with van der Waals surface area (Å²) >= 11 is 0. The van der Waals surface area contributed by atoms with Gasteiger partial charge in [-0.2, -0.15) is 5.26 Å². The van der Waals surface area contributed by atoms with Gasteiger partial charge in [0.15, 0.2) is 0 Å². The molecule has 1 aliphatic rings. The molecule has 0 spiro atoms. The molecule has 1 fully saturated rings. The van der Waals surface area contributed by atoms with E-state index in [0.29, 0.717) is 17.7 Å². The van der Waals surface area contributed by atoms with Gasteiger partial charge < -0.3 is 4.90 Å². The molecule has 2 aromatic carbocycles. The van der Waals surface area contributed by atoms with Gasteiger partial charge in [-0.25, -0.2) is 17.9 Å². The van der Waals surface area contributed by atoms with Crippen molar-refractivity contribution in [2.24, 2.45) is 5.14 Å². The topological polar surface area (TPSA) is 90.4 Å².